The van der Waals surface area contributed by atoms with Crippen LogP contribution < -0.4 is 10.1 Å². The number of hydrogen-bond donors (Lipinski definition) is 2. The van der Waals surface area contributed by atoms with Crippen LogP contribution in [0.1, 0.15) is 29.3 Å². The summed E-state index contributed by atoms with van der Waals surface area (Å²) < 4.78 is 5.47. The first-order chi connectivity index (χ1) is 12.7. The van der Waals surface area contributed by atoms with E-state index in [9.17, 15) is 9.90 Å². The second-order valence-corrected chi connectivity index (χ2v) is 6.49. The van der Waals surface area contributed by atoms with Gasteiger partial charge >= 0.3 is 0 Å². The number of carbonyl (C=O) groups excluding carboxylic acids is 1. The van der Waals surface area contributed by atoms with E-state index >= 15 is 0 Å². The lowest BCUT2D eigenvalue weighted by atomic mass is 10.1. The Morgan fingerprint density at radius 2 is 2.15 bits per heavy atom. The molecule has 1 aliphatic heterocycles. The summed E-state index contributed by atoms with van der Waals surface area (Å²) in [5, 5.41) is 12.8. The van der Waals surface area contributed by atoms with Gasteiger partial charge in [-0.05, 0) is 43.2 Å². The molecule has 1 aromatic heterocycles. The van der Waals surface area contributed by atoms with Crippen molar-refractivity contribution in [3.8, 4) is 5.75 Å². The Kier molecular flexibility index (Phi) is 6.20. The zero-order chi connectivity index (χ0) is 18.4. The highest BCUT2D eigenvalue weighted by molar-refractivity contribution is 5.94. The predicted molar refractivity (Wildman–Crippen MR) is 99.0 cm³/mol. The van der Waals surface area contributed by atoms with E-state index in [1.54, 1.807) is 24.5 Å². The van der Waals surface area contributed by atoms with Gasteiger partial charge in [0.1, 0.15) is 5.75 Å². The first-order valence-corrected chi connectivity index (χ1v) is 8.97. The largest absolute Gasteiger partial charge is 0.494 e. The van der Waals surface area contributed by atoms with Gasteiger partial charge in [-0.2, -0.15) is 0 Å². The molecule has 1 aromatic carbocycles. The Hall–Kier alpha value is -2.44. The van der Waals surface area contributed by atoms with E-state index in [2.05, 4.69) is 15.2 Å². The number of nitrogens with one attached hydrogen (secondary N) is 1. The van der Waals surface area contributed by atoms with Crippen LogP contribution in [-0.4, -0.2) is 52.7 Å². The minimum absolute atomic E-state index is 0.0163. The summed E-state index contributed by atoms with van der Waals surface area (Å²) in [7, 11) is 0. The normalized spacial score (nSPS) is 20.1. The fourth-order valence-corrected chi connectivity index (χ4v) is 3.33. The van der Waals surface area contributed by atoms with E-state index in [-0.39, 0.29) is 24.6 Å². The number of rotatable bonds is 7. The number of nitrogens with zero attached hydrogens (tertiary/aromatic N) is 2. The van der Waals surface area contributed by atoms with Crippen molar-refractivity contribution in [3.63, 3.8) is 0 Å². The third-order valence-electron chi connectivity index (χ3n) is 4.62. The van der Waals surface area contributed by atoms with Crippen molar-refractivity contribution in [2.75, 3.05) is 19.8 Å². The summed E-state index contributed by atoms with van der Waals surface area (Å²) >= 11 is 0. The Balaban J connectivity index is 1.59. The number of benzene rings is 1. The lowest BCUT2D eigenvalue weighted by Gasteiger charge is -2.22. The average molecular weight is 355 g/mol. The first-order valence-electron chi connectivity index (χ1n) is 8.97. The molecule has 0 unspecified atom stereocenters. The van der Waals surface area contributed by atoms with Crippen LogP contribution in [0.15, 0.2) is 48.8 Å². The fourth-order valence-electron chi connectivity index (χ4n) is 3.33. The number of likely N-dealkylation sites (tertiary alicyclic amines) is 1. The molecule has 26 heavy (non-hydrogen) atoms. The van der Waals surface area contributed by atoms with E-state index in [1.807, 2.05) is 31.2 Å². The van der Waals surface area contributed by atoms with Crippen molar-refractivity contribution in [2.24, 2.45) is 0 Å². The second kappa shape index (κ2) is 8.78. The number of aliphatic hydroxyl groups is 1. The molecule has 0 radical (unpaired) electrons. The molecule has 3 rings (SSSR count). The molecule has 2 heterocycles. The van der Waals surface area contributed by atoms with Crippen LogP contribution in [0, 0.1) is 0 Å². The topological polar surface area (TPSA) is 74.7 Å². The highest BCUT2D eigenvalue weighted by atomic mass is 16.5. The van der Waals surface area contributed by atoms with E-state index in [1.165, 1.54) is 0 Å². The van der Waals surface area contributed by atoms with Crippen LogP contribution in [0.25, 0.3) is 0 Å². The van der Waals surface area contributed by atoms with Gasteiger partial charge in [-0.25, -0.2) is 0 Å². The molecule has 2 N–H and O–H groups in total. The SMILES string of the molecule is CCOc1ccc(CN2C[C@@H](NC(=O)c3cccnc3)C[C@H]2CO)cc1. The van der Waals surface area contributed by atoms with Gasteiger partial charge in [-0.3, -0.25) is 14.7 Å². The molecule has 0 spiro atoms. The number of pyridine rings is 1. The zero-order valence-corrected chi connectivity index (χ0v) is 15.0. The molecule has 1 aliphatic rings. The molecular formula is C20H25N3O3. The summed E-state index contributed by atoms with van der Waals surface area (Å²) in [5.41, 5.74) is 1.71. The maximum atomic E-state index is 12.3. The predicted octanol–water partition coefficient (Wildman–Crippen LogP) is 1.85. The lowest BCUT2D eigenvalue weighted by molar-refractivity contribution is 0.0937. The van der Waals surface area contributed by atoms with Crippen LogP contribution >= 0.6 is 0 Å². The lowest BCUT2D eigenvalue weighted by Crippen LogP contribution is -2.37. The first kappa shape index (κ1) is 18.4. The van der Waals surface area contributed by atoms with Gasteiger partial charge in [-0.15, -0.1) is 0 Å². The number of aliphatic hydroxyl groups excluding tert-OH is 1. The second-order valence-electron chi connectivity index (χ2n) is 6.49. The number of carbonyl (C=O) groups is 1. The quantitative estimate of drug-likeness (QED) is 0.793. The monoisotopic (exact) mass is 355 g/mol. The van der Waals surface area contributed by atoms with E-state index < -0.39 is 0 Å². The van der Waals surface area contributed by atoms with Crippen molar-refractivity contribution in [1.82, 2.24) is 15.2 Å². The number of amides is 1. The molecule has 0 aliphatic carbocycles. The summed E-state index contributed by atoms with van der Waals surface area (Å²) in [6, 6.07) is 11.6. The van der Waals surface area contributed by atoms with Gasteiger partial charge in [-0.1, -0.05) is 12.1 Å². The molecule has 1 saturated heterocycles. The highest BCUT2D eigenvalue weighted by Crippen LogP contribution is 2.22. The molecule has 138 valence electrons. The van der Waals surface area contributed by atoms with Crippen molar-refractivity contribution < 1.29 is 14.6 Å². The van der Waals surface area contributed by atoms with Crippen molar-refractivity contribution >= 4 is 5.91 Å². The molecule has 1 amide bonds. The molecule has 0 saturated carbocycles. The van der Waals surface area contributed by atoms with Gasteiger partial charge < -0.3 is 15.2 Å². The molecule has 6 heteroatoms. The van der Waals surface area contributed by atoms with Gasteiger partial charge in [0.25, 0.3) is 5.91 Å². The third kappa shape index (κ3) is 4.59. The summed E-state index contributed by atoms with van der Waals surface area (Å²) in [4.78, 5) is 18.5. The maximum Gasteiger partial charge on any atom is 0.253 e. The fraction of sp³-hybridized carbons (Fsp3) is 0.400. The Morgan fingerprint density at radius 3 is 2.81 bits per heavy atom. The van der Waals surface area contributed by atoms with E-state index in [4.69, 9.17) is 4.74 Å². The van der Waals surface area contributed by atoms with Crippen molar-refractivity contribution in [1.29, 1.82) is 0 Å². The highest BCUT2D eigenvalue weighted by Gasteiger charge is 2.32. The minimum atomic E-state index is -0.122. The van der Waals surface area contributed by atoms with Gasteiger partial charge in [0.05, 0.1) is 18.8 Å². The Morgan fingerprint density at radius 1 is 1.35 bits per heavy atom. The standard InChI is InChI=1S/C20H25N3O3/c1-2-26-19-7-5-15(6-8-19)12-23-13-17(10-18(23)14-24)22-20(25)16-4-3-9-21-11-16/h3-9,11,17-18,24H,2,10,12-14H2,1H3,(H,22,25)/t17-,18-/m0/s1. The van der Waals surface area contributed by atoms with Crippen LogP contribution in [0.5, 0.6) is 5.75 Å². The molecular weight excluding hydrogens is 330 g/mol. The summed E-state index contributed by atoms with van der Waals surface area (Å²) in [6.07, 6.45) is 3.94. The smallest absolute Gasteiger partial charge is 0.253 e. The number of aromatic nitrogens is 1. The van der Waals surface area contributed by atoms with Crippen LogP contribution in [0.3, 0.4) is 0 Å². The number of hydrogen-bond acceptors (Lipinski definition) is 5. The summed E-state index contributed by atoms with van der Waals surface area (Å²) in [5.74, 6) is 0.737. The summed E-state index contributed by atoms with van der Waals surface area (Å²) in [6.45, 7) is 4.14. The zero-order valence-electron chi connectivity index (χ0n) is 15.0. The van der Waals surface area contributed by atoms with Crippen LogP contribution in [0.2, 0.25) is 0 Å². The van der Waals surface area contributed by atoms with Gasteiger partial charge in [0, 0.05) is 37.6 Å². The van der Waals surface area contributed by atoms with Crippen molar-refractivity contribution in [3.05, 3.63) is 59.9 Å². The van der Waals surface area contributed by atoms with Gasteiger partial charge in [0.2, 0.25) is 0 Å². The maximum absolute atomic E-state index is 12.3. The third-order valence-corrected chi connectivity index (χ3v) is 4.62. The van der Waals surface area contributed by atoms with E-state index in [0.717, 1.165) is 24.3 Å². The van der Waals surface area contributed by atoms with Crippen molar-refractivity contribution in [2.45, 2.75) is 32.0 Å². The van der Waals surface area contributed by atoms with Gasteiger partial charge in [0.15, 0.2) is 0 Å². The molecule has 2 aromatic rings. The molecule has 2 atom stereocenters. The molecule has 6 nitrogen and oxygen atoms in total. The van der Waals surface area contributed by atoms with Crippen LogP contribution in [-0.2, 0) is 6.54 Å². The Labute approximate surface area is 153 Å². The average Bonchev–Trinajstić information content (AvgIpc) is 3.05. The van der Waals surface area contributed by atoms with Crippen LogP contribution in [0.4, 0.5) is 0 Å². The van der Waals surface area contributed by atoms with E-state index in [0.29, 0.717) is 18.7 Å². The number of ether oxygens (including phenoxy) is 1. The molecule has 0 bridgehead atoms. The minimum Gasteiger partial charge on any atom is -0.494 e. The Bertz CT molecular complexity index is 706. The molecule has 1 fully saturated rings.